The van der Waals surface area contributed by atoms with Crippen LogP contribution >= 0.6 is 37.2 Å². The molecule has 24 heteroatoms. The predicted molar refractivity (Wildman–Crippen MR) is 441 cm³/mol. The minimum Gasteiger partial charge on any atom is -0.480 e. The Kier molecular flexibility index (Phi) is 55.3. The third kappa shape index (κ3) is 53.3. The van der Waals surface area contributed by atoms with Gasteiger partial charge in [-0.3, -0.25) is 24.0 Å². The normalized spacial score (nSPS) is 15.8. The topological polar surface area (TPSA) is 340 Å². The molecule has 2 aliphatic rings. The van der Waals surface area contributed by atoms with E-state index in [0.29, 0.717) is 38.7 Å². The van der Waals surface area contributed by atoms with Crippen LogP contribution in [0.2, 0.25) is 0 Å². The summed E-state index contributed by atoms with van der Waals surface area (Å²) in [5, 5.41) is 45.2. The number of aliphatic carboxylic acids is 1. The van der Waals surface area contributed by atoms with Crippen molar-refractivity contribution in [3.8, 4) is 0 Å². The number of methoxy groups -OCH3 is 3. The molecule has 5 unspecified atom stereocenters. The number of nitrogens with two attached hydrogens (primary N) is 2. The van der Waals surface area contributed by atoms with Crippen molar-refractivity contribution in [3.05, 3.63) is 108 Å². The zero-order valence-electron chi connectivity index (χ0n) is 69.2. The number of nitrogens with one attached hydrogen (secondary N) is 2. The second-order valence-electron chi connectivity index (χ2n) is 34.5. The van der Waals surface area contributed by atoms with E-state index in [9.17, 15) is 53.7 Å². The molecule has 0 saturated heterocycles. The molecule has 0 spiro atoms. The number of ketones is 5. The Morgan fingerprint density at radius 1 is 0.422 bits per heavy atom. The summed E-state index contributed by atoms with van der Waals surface area (Å²) in [7, 11) is 4.54. The number of hydrogen-bond acceptors (Lipinski definition) is 18. The zero-order valence-corrected chi connectivity index (χ0v) is 71.6. The summed E-state index contributed by atoms with van der Waals surface area (Å²) in [5.41, 5.74) is 12.8. The summed E-state index contributed by atoms with van der Waals surface area (Å²) in [6.07, 6.45) is 15.0. The number of halogens is 3. The molecule has 0 bridgehead atoms. The summed E-state index contributed by atoms with van der Waals surface area (Å²) >= 11 is 0. The SMILES string of the molecule is C1CCC(CC2CCCCC2)CC1.CC(C)(C)CC(=O)C(O)[C@@H](N)Cc1ccccc1.COCC[C@H](N)C(=O)CC(Cc1ccccc1)C(O)C(=O)CC(C)(C)C.COCC[C@H](NC(=O)OC(C)(C)C)C(=O)CC(Cc1ccccc1)C(O)C(=O)CC(C)(C)C.COCC[C@H](NC(=O)OC(C)(C)C)C(=O)O.Cl.Cl.Cl. The first-order valence-corrected chi connectivity index (χ1v) is 38.4. The molecule has 10 N–H and O–H groups in total. The van der Waals surface area contributed by atoms with Crippen LogP contribution in [0.4, 0.5) is 9.59 Å². The molecule has 3 aromatic carbocycles. The van der Waals surface area contributed by atoms with E-state index in [1.165, 1.54) is 52.7 Å². The Labute approximate surface area is 672 Å². The second-order valence-corrected chi connectivity index (χ2v) is 34.5. The van der Waals surface area contributed by atoms with Crippen molar-refractivity contribution in [3.63, 3.8) is 0 Å². The monoisotopic (exact) mass is 1600 g/mol. The van der Waals surface area contributed by atoms with E-state index in [4.69, 9.17) is 40.3 Å². The van der Waals surface area contributed by atoms with Crippen LogP contribution in [0.15, 0.2) is 91.0 Å². The van der Waals surface area contributed by atoms with Gasteiger partial charge >= 0.3 is 18.2 Å². The quantitative estimate of drug-likeness (QED) is 0.0271. The molecule has 626 valence electrons. The lowest BCUT2D eigenvalue weighted by Crippen LogP contribution is -2.45. The maximum Gasteiger partial charge on any atom is 0.408 e. The molecule has 21 nitrogen and oxygen atoms in total. The first kappa shape index (κ1) is 108. The number of hydrogen-bond donors (Lipinski definition) is 8. The average Bonchev–Trinajstić information content (AvgIpc) is 0.855. The fourth-order valence-electron chi connectivity index (χ4n) is 12.5. The highest BCUT2D eigenvalue weighted by Crippen LogP contribution is 2.35. The van der Waals surface area contributed by atoms with Gasteiger partial charge in [-0.2, -0.15) is 0 Å². The molecular formula is C85H143Cl3N4O17. The molecule has 0 heterocycles. The molecular weight excluding hydrogens is 1460 g/mol. The average molecular weight is 1600 g/mol. The number of Topliss-reactive ketones (excluding diaryl/α,β-unsaturated/α-hetero) is 5. The number of carboxylic acids is 1. The number of rotatable bonds is 35. The van der Waals surface area contributed by atoms with E-state index in [1.54, 1.807) is 80.8 Å². The van der Waals surface area contributed by atoms with Crippen LogP contribution in [0.5, 0.6) is 0 Å². The van der Waals surface area contributed by atoms with Crippen LogP contribution < -0.4 is 22.1 Å². The Bertz CT molecular complexity index is 2960. The summed E-state index contributed by atoms with van der Waals surface area (Å²) in [6, 6.07) is 25.7. The lowest BCUT2D eigenvalue weighted by atomic mass is 9.78. The van der Waals surface area contributed by atoms with Gasteiger partial charge in [-0.15, -0.1) is 37.2 Å². The number of benzene rings is 3. The van der Waals surface area contributed by atoms with E-state index in [0.717, 1.165) is 28.5 Å². The van der Waals surface area contributed by atoms with Gasteiger partial charge in [0.2, 0.25) is 0 Å². The molecule has 0 aliphatic heterocycles. The van der Waals surface area contributed by atoms with Gasteiger partial charge in [0.1, 0.15) is 41.3 Å². The lowest BCUT2D eigenvalue weighted by Gasteiger charge is -2.28. The summed E-state index contributed by atoms with van der Waals surface area (Å²) < 4.78 is 25.1. The molecule has 3 aromatic rings. The van der Waals surface area contributed by atoms with Gasteiger partial charge in [0.15, 0.2) is 23.1 Å². The highest BCUT2D eigenvalue weighted by Gasteiger charge is 2.36. The standard InChI is InChI=1S/C26H41NO6.C21H33NO4.C15H23NO2.C13H24.C10H19NO5.3ClH/c1-25(2,3)17-22(29)23(30)19(15-18-11-9-8-10-12-18)16-21(28)20(13-14-32-7)27-24(31)33-26(4,5)6;1-21(2,3)14-19(24)20(25)16(12-15-8-6-5-7-9-15)13-18(23)17(22)10-11-26-4;1-15(2,3)10-13(17)14(18)12(16)9-11-7-5-4-6-8-11;1-3-7-12(8-4-1)11-13-9-5-2-6-10-13;1-10(2,3)16-9(14)11-7(8(12)13)5-6-15-4;;;/h8-12,19-20,23,30H,13-17H2,1-7H3,(H,27,31);5-9,16-17,20,25H,10-14,22H2,1-4H3;4-8,12,14,18H,9-10,16H2,1-3H3;12-13H,1-11H2;7H,5-6H2,1-4H3,(H,11,14)(H,12,13);3*1H/t19?,20-,23?;16?,17-,20?;12-,14?;;7-;;;/m000.0.../s1. The number of carbonyl (C=O) groups excluding carboxylic acids is 7. The first-order valence-electron chi connectivity index (χ1n) is 38.4. The molecule has 2 saturated carbocycles. The third-order valence-electron chi connectivity index (χ3n) is 17.8. The fraction of sp³-hybridized carbons (Fsp3) is 0.694. The molecule has 2 aliphatic carbocycles. The van der Waals surface area contributed by atoms with Crippen molar-refractivity contribution in [1.29, 1.82) is 0 Å². The minimum atomic E-state index is -1.28. The second kappa shape index (κ2) is 55.9. The largest absolute Gasteiger partial charge is 0.480 e. The lowest BCUT2D eigenvalue weighted by molar-refractivity contribution is -0.140. The zero-order chi connectivity index (χ0) is 80.4. The molecule has 5 rings (SSSR count). The number of alkyl carbamates (subject to hydrolysis) is 2. The highest BCUT2D eigenvalue weighted by atomic mass is 35.5. The number of carbonyl (C=O) groups is 8. The molecule has 2 amide bonds. The molecule has 9 atom stereocenters. The van der Waals surface area contributed by atoms with E-state index >= 15 is 0 Å². The number of ether oxygens (including phenoxy) is 5. The number of amides is 2. The van der Waals surface area contributed by atoms with Crippen LogP contribution in [0.25, 0.3) is 0 Å². The van der Waals surface area contributed by atoms with Crippen molar-refractivity contribution >= 4 is 84.3 Å². The summed E-state index contributed by atoms with van der Waals surface area (Å²) in [5.74, 6) is -1.07. The summed E-state index contributed by atoms with van der Waals surface area (Å²) in [6.45, 7) is 28.8. The van der Waals surface area contributed by atoms with Gasteiger partial charge in [0.25, 0.3) is 0 Å². The Balaban J connectivity index is -0.00000133. The summed E-state index contributed by atoms with van der Waals surface area (Å²) in [4.78, 5) is 97.2. The van der Waals surface area contributed by atoms with Crippen molar-refractivity contribution in [2.24, 2.45) is 51.4 Å². The molecule has 109 heavy (non-hydrogen) atoms. The number of carboxylic acid groups (broad SMARTS) is 1. The van der Waals surface area contributed by atoms with E-state index < -0.39 is 83.7 Å². The molecule has 2 fully saturated rings. The maximum absolute atomic E-state index is 13.2. The predicted octanol–water partition coefficient (Wildman–Crippen LogP) is 15.4. The van der Waals surface area contributed by atoms with Crippen LogP contribution in [-0.2, 0) is 71.7 Å². The van der Waals surface area contributed by atoms with E-state index in [2.05, 4.69) is 10.6 Å². The van der Waals surface area contributed by atoms with Crippen LogP contribution in [0, 0.1) is 39.9 Å². The van der Waals surface area contributed by atoms with Crippen LogP contribution in [0.3, 0.4) is 0 Å². The van der Waals surface area contributed by atoms with Crippen molar-refractivity contribution in [1.82, 2.24) is 10.6 Å². The smallest absolute Gasteiger partial charge is 0.408 e. The Hall–Kier alpha value is -5.43. The van der Waals surface area contributed by atoms with Gasteiger partial charge < -0.3 is 66.2 Å². The van der Waals surface area contributed by atoms with Crippen molar-refractivity contribution in [2.75, 3.05) is 41.2 Å². The molecule has 0 radical (unpaired) electrons. The van der Waals surface area contributed by atoms with Crippen molar-refractivity contribution < 1.29 is 82.5 Å². The Morgan fingerprint density at radius 2 is 0.725 bits per heavy atom. The third-order valence-corrected chi connectivity index (χ3v) is 17.8. The fourth-order valence-corrected chi connectivity index (χ4v) is 12.5. The van der Waals surface area contributed by atoms with E-state index in [-0.39, 0.29) is 134 Å². The number of aliphatic hydroxyl groups is 3. The van der Waals surface area contributed by atoms with Crippen LogP contribution in [-0.4, -0.2) is 162 Å². The van der Waals surface area contributed by atoms with Crippen molar-refractivity contribution in [2.45, 2.75) is 299 Å². The van der Waals surface area contributed by atoms with Crippen LogP contribution in [0.1, 0.15) is 243 Å². The van der Waals surface area contributed by atoms with Gasteiger partial charge in [0.05, 0.1) is 12.1 Å². The number of aliphatic hydroxyl groups excluding tert-OH is 3. The maximum atomic E-state index is 13.2. The molecule has 0 aromatic heterocycles. The Morgan fingerprint density at radius 3 is 1.05 bits per heavy atom. The minimum absolute atomic E-state index is 0. The van der Waals surface area contributed by atoms with Gasteiger partial charge in [-0.25, -0.2) is 14.4 Å². The van der Waals surface area contributed by atoms with Gasteiger partial charge in [0, 0.05) is 97.6 Å². The highest BCUT2D eigenvalue weighted by molar-refractivity contribution is 5.90. The van der Waals surface area contributed by atoms with Gasteiger partial charge in [-0.1, -0.05) is 218 Å². The van der Waals surface area contributed by atoms with Gasteiger partial charge in [-0.05, 0) is 125 Å². The van der Waals surface area contributed by atoms with E-state index in [1.807, 2.05) is 153 Å². The first-order chi connectivity index (χ1) is 49.4.